The Morgan fingerprint density at radius 1 is 1.23 bits per heavy atom. The third kappa shape index (κ3) is 5.80. The molecule has 0 bridgehead atoms. The minimum atomic E-state index is -1.37. The van der Waals surface area contributed by atoms with Gasteiger partial charge < -0.3 is 24.8 Å². The van der Waals surface area contributed by atoms with E-state index in [1.54, 1.807) is 20.0 Å². The Morgan fingerprint density at radius 2 is 2.06 bits per heavy atom. The number of aliphatic hydroxyl groups excluding tert-OH is 2. The SMILES string of the molecule is CCCOC(O)c1sc(NC(=O)[C@H](O)CNc2nccc3ccc(-c4noc(C)n4)cc23)nc1C. The van der Waals surface area contributed by atoms with E-state index < -0.39 is 18.3 Å². The van der Waals surface area contributed by atoms with Crippen molar-refractivity contribution < 1.29 is 24.3 Å². The normalized spacial score (nSPS) is 13.1. The number of fused-ring (bicyclic) bond motifs is 1. The van der Waals surface area contributed by atoms with E-state index in [1.165, 1.54) is 0 Å². The van der Waals surface area contributed by atoms with Gasteiger partial charge in [-0.05, 0) is 30.9 Å². The summed E-state index contributed by atoms with van der Waals surface area (Å²) in [6.07, 6.45) is -0.0741. The maximum Gasteiger partial charge on any atom is 0.256 e. The molecule has 0 aliphatic rings. The molecule has 3 heterocycles. The van der Waals surface area contributed by atoms with Gasteiger partial charge in [0, 0.05) is 30.7 Å². The van der Waals surface area contributed by atoms with Crippen molar-refractivity contribution in [3.8, 4) is 11.4 Å². The van der Waals surface area contributed by atoms with Crippen LogP contribution in [0.1, 0.15) is 36.1 Å². The van der Waals surface area contributed by atoms with Gasteiger partial charge in [-0.25, -0.2) is 9.97 Å². The number of aromatic nitrogens is 4. The average molecular weight is 499 g/mol. The predicted molar refractivity (Wildman–Crippen MR) is 131 cm³/mol. The van der Waals surface area contributed by atoms with Gasteiger partial charge in [-0.3, -0.25) is 10.1 Å². The standard InChI is InChI=1S/C23H26N6O5S/c1-4-9-33-22(32)18-12(2)26-23(35-18)28-21(31)17(30)11-25-20-16-10-15(19-27-13(3)34-29-19)6-5-14(16)7-8-24-20/h5-8,10,17,22,30,32H,4,9,11H2,1-3H3,(H,24,25)(H,26,28,31)/t17-,22?/m1/s1. The van der Waals surface area contributed by atoms with Crippen molar-refractivity contribution in [2.75, 3.05) is 23.8 Å². The molecule has 0 saturated carbocycles. The topological polar surface area (TPSA) is 156 Å². The van der Waals surface area contributed by atoms with E-state index in [2.05, 4.69) is 30.7 Å². The van der Waals surface area contributed by atoms with Crippen LogP contribution in [0, 0.1) is 13.8 Å². The summed E-state index contributed by atoms with van der Waals surface area (Å²) in [6, 6.07) is 7.52. The molecule has 12 heteroatoms. The molecule has 35 heavy (non-hydrogen) atoms. The number of aliphatic hydroxyl groups is 2. The number of nitrogens with one attached hydrogen (secondary N) is 2. The highest BCUT2D eigenvalue weighted by molar-refractivity contribution is 7.16. The molecule has 0 radical (unpaired) electrons. The van der Waals surface area contributed by atoms with Crippen LogP contribution >= 0.6 is 11.3 Å². The van der Waals surface area contributed by atoms with Gasteiger partial charge >= 0.3 is 0 Å². The number of aryl methyl sites for hydroxylation is 2. The van der Waals surface area contributed by atoms with E-state index in [4.69, 9.17) is 9.26 Å². The van der Waals surface area contributed by atoms with Crippen LogP contribution in [0.2, 0.25) is 0 Å². The van der Waals surface area contributed by atoms with Gasteiger partial charge in [-0.1, -0.05) is 35.5 Å². The first-order valence-corrected chi connectivity index (χ1v) is 11.9. The summed E-state index contributed by atoms with van der Waals surface area (Å²) in [5, 5.41) is 32.1. The number of hydrogen-bond donors (Lipinski definition) is 4. The van der Waals surface area contributed by atoms with Crippen molar-refractivity contribution in [2.24, 2.45) is 0 Å². The van der Waals surface area contributed by atoms with E-state index in [-0.39, 0.29) is 11.7 Å². The molecule has 0 fully saturated rings. The van der Waals surface area contributed by atoms with Crippen molar-refractivity contribution in [3.63, 3.8) is 0 Å². The number of nitrogens with zero attached hydrogens (tertiary/aromatic N) is 4. The van der Waals surface area contributed by atoms with Crippen LogP contribution in [0.3, 0.4) is 0 Å². The molecule has 0 aliphatic carbocycles. The number of anilines is 2. The molecule has 0 aliphatic heterocycles. The fraction of sp³-hybridized carbons (Fsp3) is 0.348. The summed E-state index contributed by atoms with van der Waals surface area (Å²) in [5.74, 6) is 0.788. The van der Waals surface area contributed by atoms with E-state index in [0.717, 1.165) is 34.1 Å². The van der Waals surface area contributed by atoms with Crippen LogP contribution in [-0.2, 0) is 9.53 Å². The molecule has 2 atom stereocenters. The van der Waals surface area contributed by atoms with Gasteiger partial charge in [-0.15, -0.1) is 0 Å². The number of carbonyl (C=O) groups excluding carboxylic acids is 1. The number of amides is 1. The maximum atomic E-state index is 12.5. The zero-order valence-corrected chi connectivity index (χ0v) is 20.3. The maximum absolute atomic E-state index is 12.5. The quantitative estimate of drug-likeness (QED) is 0.240. The Balaban J connectivity index is 1.42. The van der Waals surface area contributed by atoms with Gasteiger partial charge in [0.15, 0.2) is 11.4 Å². The first kappa shape index (κ1) is 24.7. The lowest BCUT2D eigenvalue weighted by molar-refractivity contribution is -0.123. The van der Waals surface area contributed by atoms with E-state index >= 15 is 0 Å². The Kier molecular flexibility index (Phi) is 7.66. The highest BCUT2D eigenvalue weighted by Gasteiger charge is 2.21. The zero-order valence-electron chi connectivity index (χ0n) is 19.5. The molecule has 0 saturated heterocycles. The Hall–Kier alpha value is -3.45. The Bertz CT molecular complexity index is 1320. The van der Waals surface area contributed by atoms with Gasteiger partial charge in [0.1, 0.15) is 11.9 Å². The summed E-state index contributed by atoms with van der Waals surface area (Å²) < 4.78 is 10.4. The van der Waals surface area contributed by atoms with Crippen LogP contribution in [0.25, 0.3) is 22.2 Å². The van der Waals surface area contributed by atoms with Crippen LogP contribution < -0.4 is 10.6 Å². The molecule has 1 unspecified atom stereocenters. The van der Waals surface area contributed by atoms with Crippen molar-refractivity contribution in [1.82, 2.24) is 20.1 Å². The second-order valence-electron chi connectivity index (χ2n) is 7.81. The van der Waals surface area contributed by atoms with Crippen LogP contribution in [0.5, 0.6) is 0 Å². The smallest absolute Gasteiger partial charge is 0.256 e. The molecule has 4 rings (SSSR count). The van der Waals surface area contributed by atoms with Crippen LogP contribution in [0.4, 0.5) is 10.9 Å². The minimum absolute atomic E-state index is 0.0804. The molecule has 11 nitrogen and oxygen atoms in total. The van der Waals surface area contributed by atoms with Crippen LogP contribution in [0.15, 0.2) is 35.0 Å². The van der Waals surface area contributed by atoms with Crippen molar-refractivity contribution >= 4 is 39.0 Å². The number of hydrogen-bond acceptors (Lipinski definition) is 11. The summed E-state index contributed by atoms with van der Waals surface area (Å²) in [5.41, 5.74) is 1.30. The number of rotatable bonds is 10. The minimum Gasteiger partial charge on any atom is -0.381 e. The monoisotopic (exact) mass is 498 g/mol. The first-order chi connectivity index (χ1) is 16.9. The molecule has 1 aromatic carbocycles. The lowest BCUT2D eigenvalue weighted by Gasteiger charge is -2.13. The summed E-state index contributed by atoms with van der Waals surface area (Å²) in [4.78, 5) is 25.9. The number of thiazole rings is 1. The summed E-state index contributed by atoms with van der Waals surface area (Å²) in [7, 11) is 0. The van der Waals surface area contributed by atoms with E-state index in [1.807, 2.05) is 31.2 Å². The van der Waals surface area contributed by atoms with Crippen molar-refractivity contribution in [2.45, 2.75) is 39.6 Å². The van der Waals surface area contributed by atoms with Crippen molar-refractivity contribution in [1.29, 1.82) is 0 Å². The zero-order chi connectivity index (χ0) is 24.9. The fourth-order valence-electron chi connectivity index (χ4n) is 3.34. The Labute approximate surface area is 205 Å². The van der Waals surface area contributed by atoms with Crippen molar-refractivity contribution in [3.05, 3.63) is 46.9 Å². The number of pyridine rings is 1. The number of ether oxygens (including phenoxy) is 1. The molecular weight excluding hydrogens is 472 g/mol. The largest absolute Gasteiger partial charge is 0.381 e. The molecule has 4 N–H and O–H groups in total. The molecule has 4 aromatic rings. The average Bonchev–Trinajstić information content (AvgIpc) is 3.45. The summed E-state index contributed by atoms with van der Waals surface area (Å²) in [6.45, 7) is 5.70. The molecule has 1 amide bonds. The molecule has 184 valence electrons. The second kappa shape index (κ2) is 10.9. The fourth-order valence-corrected chi connectivity index (χ4v) is 4.24. The highest BCUT2D eigenvalue weighted by atomic mass is 32.1. The third-order valence-electron chi connectivity index (χ3n) is 5.08. The lowest BCUT2D eigenvalue weighted by Crippen LogP contribution is -2.33. The van der Waals surface area contributed by atoms with Gasteiger partial charge in [0.2, 0.25) is 11.7 Å². The molecular formula is C23H26N6O5S. The van der Waals surface area contributed by atoms with Gasteiger partial charge in [0.25, 0.3) is 5.91 Å². The second-order valence-corrected chi connectivity index (χ2v) is 8.84. The number of benzene rings is 1. The van der Waals surface area contributed by atoms with Gasteiger partial charge in [-0.2, -0.15) is 4.98 Å². The molecule has 3 aromatic heterocycles. The van der Waals surface area contributed by atoms with Gasteiger partial charge in [0.05, 0.1) is 17.1 Å². The lowest BCUT2D eigenvalue weighted by atomic mass is 10.1. The highest BCUT2D eigenvalue weighted by Crippen LogP contribution is 2.30. The summed E-state index contributed by atoms with van der Waals surface area (Å²) >= 11 is 1.10. The van der Waals surface area contributed by atoms with E-state index in [9.17, 15) is 15.0 Å². The van der Waals surface area contributed by atoms with E-state index in [0.29, 0.717) is 34.7 Å². The molecule has 0 spiro atoms. The third-order valence-corrected chi connectivity index (χ3v) is 6.19. The van der Waals surface area contributed by atoms with Crippen LogP contribution in [-0.4, -0.2) is 55.5 Å². The Morgan fingerprint density at radius 3 is 2.80 bits per heavy atom. The number of carbonyl (C=O) groups is 1. The predicted octanol–water partition coefficient (Wildman–Crippen LogP) is 3.19. The first-order valence-electron chi connectivity index (χ1n) is 11.0.